The van der Waals surface area contributed by atoms with E-state index in [0.717, 1.165) is 45.6 Å². The average molecular weight is 281 g/mol. The fraction of sp³-hybridized carbons (Fsp3) is 0.800. The largest absolute Gasteiger partial charge is 0.463 e. The van der Waals surface area contributed by atoms with Crippen LogP contribution in [0.4, 0.5) is 0 Å². The molecule has 114 valence electrons. The predicted molar refractivity (Wildman–Crippen MR) is 79.4 cm³/mol. The molecule has 0 amide bonds. The second-order valence-corrected chi connectivity index (χ2v) is 5.73. The number of carbonyl (C=O) groups is 1. The molecule has 0 aromatic rings. The van der Waals surface area contributed by atoms with E-state index in [4.69, 9.17) is 10.5 Å². The van der Waals surface area contributed by atoms with Gasteiger partial charge < -0.3 is 10.5 Å². The minimum absolute atomic E-state index is 0.242. The van der Waals surface area contributed by atoms with Crippen molar-refractivity contribution in [3.63, 3.8) is 0 Å². The molecule has 0 aromatic heterocycles. The third-order valence-electron chi connectivity index (χ3n) is 4.24. The first kappa shape index (κ1) is 15.5. The van der Waals surface area contributed by atoms with Crippen LogP contribution in [0.25, 0.3) is 0 Å². The molecule has 5 nitrogen and oxygen atoms in total. The summed E-state index contributed by atoms with van der Waals surface area (Å²) < 4.78 is 4.87. The molecular weight excluding hydrogens is 254 g/mol. The molecule has 2 heterocycles. The first-order valence-electron chi connectivity index (χ1n) is 7.74. The van der Waals surface area contributed by atoms with Crippen LogP contribution < -0.4 is 5.73 Å². The molecule has 0 aliphatic carbocycles. The fourth-order valence-corrected chi connectivity index (χ4v) is 3.05. The molecule has 20 heavy (non-hydrogen) atoms. The Balaban J connectivity index is 1.68. The number of piperidine rings is 1. The van der Waals surface area contributed by atoms with Crippen molar-refractivity contribution in [3.05, 3.63) is 12.2 Å². The molecule has 2 fully saturated rings. The lowest BCUT2D eigenvalue weighted by atomic mass is 10.0. The quantitative estimate of drug-likeness (QED) is 0.591. The van der Waals surface area contributed by atoms with Crippen LogP contribution in [0.15, 0.2) is 12.2 Å². The zero-order chi connectivity index (χ0) is 14.4. The molecule has 2 aliphatic rings. The number of hydrogen-bond donors (Lipinski definition) is 1. The Bertz CT molecular complexity index is 338. The molecule has 5 heteroatoms. The van der Waals surface area contributed by atoms with Crippen molar-refractivity contribution in [2.24, 2.45) is 5.73 Å². The highest BCUT2D eigenvalue weighted by Gasteiger charge is 2.29. The molecule has 0 spiro atoms. The van der Waals surface area contributed by atoms with Crippen LogP contribution >= 0.6 is 0 Å². The second kappa shape index (κ2) is 7.76. The van der Waals surface area contributed by atoms with E-state index in [1.54, 1.807) is 0 Å². The Morgan fingerprint density at radius 1 is 1.30 bits per heavy atom. The van der Waals surface area contributed by atoms with Gasteiger partial charge in [0.15, 0.2) is 0 Å². The van der Waals surface area contributed by atoms with E-state index < -0.39 is 0 Å². The number of esters is 1. The molecule has 0 saturated carbocycles. The van der Waals surface area contributed by atoms with Crippen LogP contribution in [0.5, 0.6) is 0 Å². The second-order valence-electron chi connectivity index (χ2n) is 5.73. The van der Waals surface area contributed by atoms with Gasteiger partial charge >= 0.3 is 5.97 Å². The summed E-state index contributed by atoms with van der Waals surface area (Å²) in [6.07, 6.45) is 6.92. The summed E-state index contributed by atoms with van der Waals surface area (Å²) in [6.45, 7) is 7.58. The van der Waals surface area contributed by atoms with Gasteiger partial charge in [-0.25, -0.2) is 4.79 Å². The van der Waals surface area contributed by atoms with Crippen molar-refractivity contribution >= 4 is 5.97 Å². The van der Waals surface area contributed by atoms with Crippen molar-refractivity contribution in [2.75, 3.05) is 39.3 Å². The summed E-state index contributed by atoms with van der Waals surface area (Å²) in [5.74, 6) is -0.242. The minimum atomic E-state index is -0.242. The Morgan fingerprint density at radius 3 is 2.75 bits per heavy atom. The smallest absolute Gasteiger partial charge is 0.330 e. The van der Waals surface area contributed by atoms with Crippen LogP contribution in [0, 0.1) is 0 Å². The van der Waals surface area contributed by atoms with Gasteiger partial charge in [-0.05, 0) is 39.3 Å². The van der Waals surface area contributed by atoms with Crippen molar-refractivity contribution in [3.8, 4) is 0 Å². The van der Waals surface area contributed by atoms with Gasteiger partial charge in [-0.3, -0.25) is 9.80 Å². The number of likely N-dealkylation sites (tertiary alicyclic amines) is 2. The Kier molecular flexibility index (Phi) is 6.01. The summed E-state index contributed by atoms with van der Waals surface area (Å²) in [5, 5.41) is 0. The third-order valence-corrected chi connectivity index (χ3v) is 4.24. The van der Waals surface area contributed by atoms with Gasteiger partial charge in [-0.15, -0.1) is 0 Å². The summed E-state index contributed by atoms with van der Waals surface area (Å²) in [6, 6.07) is 1.06. The monoisotopic (exact) mass is 281 g/mol. The topological polar surface area (TPSA) is 58.8 Å². The maximum Gasteiger partial charge on any atom is 0.330 e. The van der Waals surface area contributed by atoms with Crippen molar-refractivity contribution < 1.29 is 9.53 Å². The molecule has 2 saturated heterocycles. The molecular formula is C15H27N3O2. The lowest BCUT2D eigenvalue weighted by molar-refractivity contribution is -0.137. The van der Waals surface area contributed by atoms with Gasteiger partial charge in [0.1, 0.15) is 0 Å². The highest BCUT2D eigenvalue weighted by Crippen LogP contribution is 2.19. The molecule has 2 rings (SSSR count). The van der Waals surface area contributed by atoms with Gasteiger partial charge in [0, 0.05) is 37.8 Å². The van der Waals surface area contributed by atoms with Crippen LogP contribution in [0.3, 0.4) is 0 Å². The van der Waals surface area contributed by atoms with Crippen LogP contribution in [-0.4, -0.2) is 67.2 Å². The van der Waals surface area contributed by atoms with Crippen LogP contribution in [0.1, 0.15) is 26.2 Å². The lowest BCUT2D eigenvalue weighted by Crippen LogP contribution is -2.46. The average Bonchev–Trinajstić information content (AvgIpc) is 2.89. The predicted octanol–water partition coefficient (Wildman–Crippen LogP) is 0.603. The van der Waals surface area contributed by atoms with E-state index in [1.807, 2.05) is 13.0 Å². The van der Waals surface area contributed by atoms with Crippen LogP contribution in [-0.2, 0) is 9.53 Å². The number of carbonyl (C=O) groups excluding carboxylic acids is 1. The normalized spacial score (nSPS) is 26.4. The van der Waals surface area contributed by atoms with Crippen LogP contribution in [0.2, 0.25) is 0 Å². The number of nitrogens with two attached hydrogens (primary N) is 1. The number of rotatable bonds is 5. The molecule has 0 radical (unpaired) electrons. The first-order valence-corrected chi connectivity index (χ1v) is 7.74. The number of nitrogens with zero attached hydrogens (tertiary/aromatic N) is 2. The van der Waals surface area contributed by atoms with Crippen molar-refractivity contribution in [2.45, 2.75) is 38.3 Å². The Morgan fingerprint density at radius 2 is 2.05 bits per heavy atom. The standard InChI is InChI=1S/C15H27N3O2/c1-2-20-15(19)4-3-8-17-9-7-14(12-17)18-10-5-13(16)6-11-18/h3-4,13-14H,2,5-12,16H2,1H3/b4-3+. The van der Waals surface area contributed by atoms with Gasteiger partial charge in [-0.1, -0.05) is 6.08 Å². The molecule has 1 unspecified atom stereocenters. The third kappa shape index (κ3) is 4.58. The summed E-state index contributed by atoms with van der Waals surface area (Å²) in [7, 11) is 0. The summed E-state index contributed by atoms with van der Waals surface area (Å²) >= 11 is 0. The zero-order valence-electron chi connectivity index (χ0n) is 12.5. The summed E-state index contributed by atoms with van der Waals surface area (Å²) in [5.41, 5.74) is 5.95. The van der Waals surface area contributed by atoms with Gasteiger partial charge in [0.05, 0.1) is 6.61 Å². The molecule has 0 bridgehead atoms. The van der Waals surface area contributed by atoms with Crippen molar-refractivity contribution in [1.29, 1.82) is 0 Å². The Labute approximate surface area is 121 Å². The van der Waals surface area contributed by atoms with E-state index in [-0.39, 0.29) is 5.97 Å². The van der Waals surface area contributed by atoms with Gasteiger partial charge in [0.2, 0.25) is 0 Å². The van der Waals surface area contributed by atoms with Gasteiger partial charge in [-0.2, -0.15) is 0 Å². The highest BCUT2D eigenvalue weighted by molar-refractivity contribution is 5.81. The number of ether oxygens (including phenoxy) is 1. The van der Waals surface area contributed by atoms with E-state index in [1.165, 1.54) is 12.5 Å². The van der Waals surface area contributed by atoms with Gasteiger partial charge in [0.25, 0.3) is 0 Å². The maximum atomic E-state index is 11.2. The van der Waals surface area contributed by atoms with E-state index in [9.17, 15) is 4.79 Å². The first-order chi connectivity index (χ1) is 9.69. The fourth-order valence-electron chi connectivity index (χ4n) is 3.05. The van der Waals surface area contributed by atoms with E-state index >= 15 is 0 Å². The molecule has 2 aliphatic heterocycles. The molecule has 2 N–H and O–H groups in total. The SMILES string of the molecule is CCOC(=O)/C=C/CN1CCC(N2CCC(N)CC2)C1. The van der Waals surface area contributed by atoms with E-state index in [2.05, 4.69) is 9.80 Å². The molecule has 1 atom stereocenters. The minimum Gasteiger partial charge on any atom is -0.463 e. The summed E-state index contributed by atoms with van der Waals surface area (Å²) in [4.78, 5) is 16.2. The molecule has 0 aromatic carbocycles. The lowest BCUT2D eigenvalue weighted by Gasteiger charge is -2.34. The maximum absolute atomic E-state index is 11.2. The Hall–Kier alpha value is -0.910. The van der Waals surface area contributed by atoms with Crippen molar-refractivity contribution in [1.82, 2.24) is 9.80 Å². The number of hydrogen-bond acceptors (Lipinski definition) is 5. The highest BCUT2D eigenvalue weighted by atomic mass is 16.5. The van der Waals surface area contributed by atoms with E-state index in [0.29, 0.717) is 18.7 Å². The zero-order valence-corrected chi connectivity index (χ0v) is 12.5.